The number of aliphatic carboxylic acids is 1. The molecule has 2 aromatic carbocycles. The lowest BCUT2D eigenvalue weighted by atomic mass is 10.0. The van der Waals surface area contributed by atoms with Crippen LogP contribution < -0.4 is 0 Å². The molecule has 0 aromatic heterocycles. The molecule has 3 nitrogen and oxygen atoms in total. The van der Waals surface area contributed by atoms with Crippen LogP contribution in [-0.2, 0) is 4.79 Å². The molecule has 0 fully saturated rings. The van der Waals surface area contributed by atoms with Crippen LogP contribution in [0.1, 0.15) is 10.4 Å². The summed E-state index contributed by atoms with van der Waals surface area (Å²) in [6.45, 7) is 0. The normalized spacial score (nSPS) is 10.1. The molecule has 0 saturated carbocycles. The van der Waals surface area contributed by atoms with E-state index in [2.05, 4.69) is 0 Å². The number of benzene rings is 2. The van der Waals surface area contributed by atoms with E-state index in [-0.39, 0.29) is 5.56 Å². The van der Waals surface area contributed by atoms with Gasteiger partial charge in [-0.3, -0.25) is 4.79 Å². The Morgan fingerprint density at radius 1 is 0.933 bits per heavy atom. The third-order valence-corrected chi connectivity index (χ3v) is 2.23. The van der Waals surface area contributed by atoms with Crippen LogP contribution in [0.4, 0.5) is 0 Å². The summed E-state index contributed by atoms with van der Waals surface area (Å²) in [6, 6.07) is 12.3. The van der Waals surface area contributed by atoms with Crippen LogP contribution in [0.3, 0.4) is 0 Å². The highest BCUT2D eigenvalue weighted by molar-refractivity contribution is 6.42. The van der Waals surface area contributed by atoms with E-state index in [1.807, 2.05) is 18.2 Å². The summed E-state index contributed by atoms with van der Waals surface area (Å²) in [7, 11) is 0. The van der Waals surface area contributed by atoms with Gasteiger partial charge in [-0.2, -0.15) is 0 Å². The number of hydrogen-bond donors (Lipinski definition) is 1. The van der Waals surface area contributed by atoms with Crippen molar-refractivity contribution in [2.24, 2.45) is 0 Å². The Morgan fingerprint density at radius 3 is 2.33 bits per heavy atom. The Morgan fingerprint density at radius 2 is 1.60 bits per heavy atom. The van der Waals surface area contributed by atoms with Crippen molar-refractivity contribution in [1.82, 2.24) is 0 Å². The van der Waals surface area contributed by atoms with Crippen LogP contribution in [0.5, 0.6) is 0 Å². The molecule has 15 heavy (non-hydrogen) atoms. The summed E-state index contributed by atoms with van der Waals surface area (Å²) >= 11 is 0. The molecule has 0 amide bonds. The molecule has 0 bridgehead atoms. The molecular formula is C12H8O3. The third kappa shape index (κ3) is 1.59. The Labute approximate surface area is 86.0 Å². The topological polar surface area (TPSA) is 54.4 Å². The fraction of sp³-hybridized carbons (Fsp3) is 0. The summed E-state index contributed by atoms with van der Waals surface area (Å²) < 4.78 is 0. The summed E-state index contributed by atoms with van der Waals surface area (Å²) in [5, 5.41) is 10.2. The van der Waals surface area contributed by atoms with Gasteiger partial charge in [-0.25, -0.2) is 4.79 Å². The smallest absolute Gasteiger partial charge is 0.377 e. The highest BCUT2D eigenvalue weighted by Crippen LogP contribution is 2.18. The number of carboxylic acids is 1. The number of ketones is 1. The van der Waals surface area contributed by atoms with E-state index in [0.717, 1.165) is 5.39 Å². The Kier molecular flexibility index (Phi) is 2.21. The number of hydrogen-bond acceptors (Lipinski definition) is 2. The van der Waals surface area contributed by atoms with Crippen molar-refractivity contribution in [2.75, 3.05) is 0 Å². The first-order valence-electron chi connectivity index (χ1n) is 4.45. The van der Waals surface area contributed by atoms with Gasteiger partial charge in [0.05, 0.1) is 0 Å². The number of Topliss-reactive ketones (excluding diaryl/α,β-unsaturated/α-hetero) is 1. The van der Waals surface area contributed by atoms with Gasteiger partial charge in [0, 0.05) is 5.56 Å². The van der Waals surface area contributed by atoms with Gasteiger partial charge in [0.2, 0.25) is 0 Å². The van der Waals surface area contributed by atoms with Crippen molar-refractivity contribution in [3.8, 4) is 0 Å². The standard InChI is InChI=1S/C12H8O3/c13-11(12(14)15)10-7-3-5-8-4-1-2-6-9(8)10/h1-7H,(H,14,15). The van der Waals surface area contributed by atoms with Crippen molar-refractivity contribution >= 4 is 22.5 Å². The fourth-order valence-electron chi connectivity index (χ4n) is 1.54. The molecule has 0 heterocycles. The molecular weight excluding hydrogens is 192 g/mol. The SMILES string of the molecule is O=C(O)C(=O)c1cccc2ccccc12. The minimum absolute atomic E-state index is 0.237. The quantitative estimate of drug-likeness (QED) is 0.596. The summed E-state index contributed by atoms with van der Waals surface area (Å²) in [5.74, 6) is -2.29. The van der Waals surface area contributed by atoms with Crippen molar-refractivity contribution < 1.29 is 14.7 Å². The molecule has 0 aliphatic rings. The minimum Gasteiger partial charge on any atom is -0.475 e. The van der Waals surface area contributed by atoms with E-state index in [1.54, 1.807) is 18.2 Å². The van der Waals surface area contributed by atoms with Crippen molar-refractivity contribution in [2.45, 2.75) is 0 Å². The number of carboxylic acid groups (broad SMARTS) is 1. The maximum Gasteiger partial charge on any atom is 0.377 e. The van der Waals surface area contributed by atoms with E-state index in [0.29, 0.717) is 5.39 Å². The molecule has 0 saturated heterocycles. The number of fused-ring (bicyclic) bond motifs is 1. The minimum atomic E-state index is -1.42. The van der Waals surface area contributed by atoms with Crippen LogP contribution in [-0.4, -0.2) is 16.9 Å². The molecule has 2 rings (SSSR count). The number of rotatable bonds is 2. The van der Waals surface area contributed by atoms with Crippen LogP contribution in [0.15, 0.2) is 42.5 Å². The van der Waals surface area contributed by atoms with Crippen molar-refractivity contribution in [1.29, 1.82) is 0 Å². The molecule has 0 radical (unpaired) electrons. The first-order chi connectivity index (χ1) is 7.20. The van der Waals surface area contributed by atoms with E-state index in [4.69, 9.17) is 5.11 Å². The zero-order chi connectivity index (χ0) is 10.8. The van der Waals surface area contributed by atoms with Gasteiger partial charge in [0.15, 0.2) is 0 Å². The largest absolute Gasteiger partial charge is 0.475 e. The molecule has 2 aromatic rings. The van der Waals surface area contributed by atoms with Crippen molar-refractivity contribution in [3.05, 3.63) is 48.0 Å². The second kappa shape index (κ2) is 3.53. The molecule has 74 valence electrons. The Balaban J connectivity index is 2.71. The van der Waals surface area contributed by atoms with Crippen molar-refractivity contribution in [3.63, 3.8) is 0 Å². The van der Waals surface area contributed by atoms with Gasteiger partial charge in [-0.1, -0.05) is 42.5 Å². The summed E-state index contributed by atoms with van der Waals surface area (Å²) in [4.78, 5) is 22.0. The number of carbonyl (C=O) groups excluding carboxylic acids is 1. The van der Waals surface area contributed by atoms with Gasteiger partial charge in [-0.15, -0.1) is 0 Å². The molecule has 0 aliphatic heterocycles. The maximum atomic E-state index is 11.4. The molecule has 0 spiro atoms. The lowest BCUT2D eigenvalue weighted by Crippen LogP contribution is -2.12. The van der Waals surface area contributed by atoms with E-state index < -0.39 is 11.8 Å². The third-order valence-electron chi connectivity index (χ3n) is 2.23. The zero-order valence-electron chi connectivity index (χ0n) is 7.81. The zero-order valence-corrected chi connectivity index (χ0v) is 7.81. The highest BCUT2D eigenvalue weighted by atomic mass is 16.4. The Hall–Kier alpha value is -2.16. The monoisotopic (exact) mass is 200 g/mol. The predicted octanol–water partition coefficient (Wildman–Crippen LogP) is 2.11. The maximum absolute atomic E-state index is 11.4. The van der Waals surface area contributed by atoms with E-state index in [1.165, 1.54) is 6.07 Å². The van der Waals surface area contributed by atoms with Gasteiger partial charge >= 0.3 is 5.97 Å². The van der Waals surface area contributed by atoms with Crippen LogP contribution >= 0.6 is 0 Å². The second-order valence-corrected chi connectivity index (χ2v) is 3.16. The molecule has 0 atom stereocenters. The van der Waals surface area contributed by atoms with Gasteiger partial charge in [-0.05, 0) is 10.8 Å². The van der Waals surface area contributed by atoms with Gasteiger partial charge in [0.25, 0.3) is 5.78 Å². The fourth-order valence-corrected chi connectivity index (χ4v) is 1.54. The van der Waals surface area contributed by atoms with Gasteiger partial charge in [0.1, 0.15) is 0 Å². The molecule has 3 heteroatoms. The molecule has 1 N–H and O–H groups in total. The van der Waals surface area contributed by atoms with Gasteiger partial charge < -0.3 is 5.11 Å². The Bertz CT molecular complexity index is 538. The summed E-state index contributed by atoms with van der Waals surface area (Å²) in [6.07, 6.45) is 0. The lowest BCUT2D eigenvalue weighted by Gasteiger charge is -2.02. The highest BCUT2D eigenvalue weighted by Gasteiger charge is 2.16. The number of carbonyl (C=O) groups is 2. The first kappa shape index (κ1) is 9.40. The van der Waals surface area contributed by atoms with E-state index in [9.17, 15) is 9.59 Å². The van der Waals surface area contributed by atoms with Crippen LogP contribution in [0.2, 0.25) is 0 Å². The van der Waals surface area contributed by atoms with Crippen LogP contribution in [0.25, 0.3) is 10.8 Å². The summed E-state index contributed by atoms with van der Waals surface area (Å²) in [5.41, 5.74) is 0.237. The lowest BCUT2D eigenvalue weighted by molar-refractivity contribution is -0.131. The predicted molar refractivity (Wildman–Crippen MR) is 55.9 cm³/mol. The molecule has 0 unspecified atom stereocenters. The van der Waals surface area contributed by atoms with E-state index >= 15 is 0 Å². The second-order valence-electron chi connectivity index (χ2n) is 3.16. The average molecular weight is 200 g/mol. The average Bonchev–Trinajstić information content (AvgIpc) is 2.27. The van der Waals surface area contributed by atoms with Crippen LogP contribution in [0, 0.1) is 0 Å². The molecule has 0 aliphatic carbocycles. The first-order valence-corrected chi connectivity index (χ1v) is 4.45.